The summed E-state index contributed by atoms with van der Waals surface area (Å²) < 4.78 is 7.21. The molecule has 5 rings (SSSR count). The number of aromatic nitrogens is 4. The Morgan fingerprint density at radius 3 is 2.75 bits per heavy atom. The summed E-state index contributed by atoms with van der Waals surface area (Å²) >= 11 is 2.92. The van der Waals surface area contributed by atoms with Crippen molar-refractivity contribution >= 4 is 34.7 Å². The highest BCUT2D eigenvalue weighted by molar-refractivity contribution is 7.99. The quantitative estimate of drug-likeness (QED) is 0.393. The fourth-order valence-corrected chi connectivity index (χ4v) is 5.32. The number of aryl methyl sites for hydroxylation is 2. The number of hydrogen-bond acceptors (Lipinski definition) is 8. The molecule has 4 aromatic rings. The van der Waals surface area contributed by atoms with Crippen molar-refractivity contribution in [3.63, 3.8) is 0 Å². The van der Waals surface area contributed by atoms with E-state index in [4.69, 9.17) is 4.42 Å². The van der Waals surface area contributed by atoms with E-state index in [1.54, 1.807) is 27.3 Å². The van der Waals surface area contributed by atoms with E-state index in [2.05, 4.69) is 20.6 Å². The highest BCUT2D eigenvalue weighted by atomic mass is 32.2. The van der Waals surface area contributed by atoms with Gasteiger partial charge in [0.25, 0.3) is 5.91 Å². The molecule has 1 aliphatic rings. The van der Waals surface area contributed by atoms with E-state index in [1.165, 1.54) is 11.8 Å². The lowest BCUT2D eigenvalue weighted by atomic mass is 10.1. The van der Waals surface area contributed by atoms with E-state index in [0.29, 0.717) is 17.3 Å². The molecule has 0 bridgehead atoms. The van der Waals surface area contributed by atoms with E-state index >= 15 is 0 Å². The van der Waals surface area contributed by atoms with Gasteiger partial charge >= 0.3 is 0 Å². The van der Waals surface area contributed by atoms with Gasteiger partial charge in [0.15, 0.2) is 0 Å². The van der Waals surface area contributed by atoms with Crippen LogP contribution in [0.4, 0.5) is 0 Å². The van der Waals surface area contributed by atoms with Crippen LogP contribution in [0.1, 0.15) is 34.2 Å². The van der Waals surface area contributed by atoms with Crippen LogP contribution >= 0.6 is 23.1 Å². The average Bonchev–Trinajstić information content (AvgIpc) is 3.58. The van der Waals surface area contributed by atoms with E-state index < -0.39 is 0 Å². The van der Waals surface area contributed by atoms with E-state index in [0.717, 1.165) is 27.4 Å². The fraction of sp³-hybridized carbons (Fsp3) is 0.227. The predicted octanol–water partition coefficient (Wildman–Crippen LogP) is 4.40. The number of amides is 1. The number of thiophene rings is 1. The van der Waals surface area contributed by atoms with Gasteiger partial charge in [0.2, 0.25) is 5.16 Å². The Bertz CT molecular complexity index is 1240. The lowest BCUT2D eigenvalue weighted by Crippen LogP contribution is -2.28. The predicted molar refractivity (Wildman–Crippen MR) is 123 cm³/mol. The summed E-state index contributed by atoms with van der Waals surface area (Å²) in [6, 6.07) is 13.6. The summed E-state index contributed by atoms with van der Waals surface area (Å²) in [7, 11) is 0. The summed E-state index contributed by atoms with van der Waals surface area (Å²) in [6.07, 6.45) is 2.23. The number of furan rings is 1. The Hall–Kier alpha value is -3.24. The molecule has 1 atom stereocenters. The van der Waals surface area contributed by atoms with Crippen LogP contribution in [0.25, 0.3) is 5.69 Å². The number of carbonyl (C=O) groups is 1. The third kappa shape index (κ3) is 3.87. The van der Waals surface area contributed by atoms with Crippen molar-refractivity contribution in [1.29, 1.82) is 0 Å². The first-order valence-corrected chi connectivity index (χ1v) is 11.9. The van der Waals surface area contributed by atoms with E-state index in [1.807, 2.05) is 61.7 Å². The lowest BCUT2D eigenvalue weighted by Gasteiger charge is -2.20. The molecule has 0 radical (unpaired) electrons. The van der Waals surface area contributed by atoms with Gasteiger partial charge in [-0.25, -0.2) is 5.01 Å². The van der Waals surface area contributed by atoms with Crippen LogP contribution in [0.5, 0.6) is 0 Å². The Morgan fingerprint density at radius 2 is 2.03 bits per heavy atom. The molecule has 0 fully saturated rings. The number of tetrazole rings is 1. The van der Waals surface area contributed by atoms with Crippen molar-refractivity contribution < 1.29 is 9.21 Å². The molecule has 162 valence electrons. The van der Waals surface area contributed by atoms with Gasteiger partial charge < -0.3 is 4.42 Å². The monoisotopic (exact) mass is 464 g/mol. The highest BCUT2D eigenvalue weighted by Gasteiger charge is 2.34. The maximum atomic E-state index is 13.2. The van der Waals surface area contributed by atoms with Crippen LogP contribution in [-0.4, -0.2) is 42.6 Å². The summed E-state index contributed by atoms with van der Waals surface area (Å²) in [6.45, 7) is 4.04. The minimum atomic E-state index is -0.141. The number of rotatable bonds is 6. The summed E-state index contributed by atoms with van der Waals surface area (Å²) in [4.78, 5) is 14.3. The summed E-state index contributed by atoms with van der Waals surface area (Å²) in [5, 5.41) is 20.9. The Balaban J connectivity index is 1.37. The maximum Gasteiger partial charge on any atom is 0.253 e. The topological polar surface area (TPSA) is 89.4 Å². The smallest absolute Gasteiger partial charge is 0.253 e. The Kier molecular flexibility index (Phi) is 5.62. The van der Waals surface area contributed by atoms with E-state index in [-0.39, 0.29) is 17.7 Å². The molecule has 0 saturated heterocycles. The van der Waals surface area contributed by atoms with Crippen LogP contribution in [0.2, 0.25) is 0 Å². The Labute approximate surface area is 192 Å². The van der Waals surface area contributed by atoms with Crippen LogP contribution in [0, 0.1) is 13.8 Å². The highest BCUT2D eigenvalue weighted by Crippen LogP contribution is 2.36. The van der Waals surface area contributed by atoms with Crippen LogP contribution < -0.4 is 0 Å². The molecule has 3 aromatic heterocycles. The molecule has 0 aliphatic carbocycles. The standard InChI is InChI=1S/C22H20N6O2S2/c1-14-6-3-7-15(2)21(14)28-22(23-25-26-28)32-13-20(29)27-17(19-9-5-11-31-19)12-16(24-27)18-8-4-10-30-18/h3-11,17H,12-13H2,1-2H3. The number of hydrazone groups is 1. The molecule has 0 saturated carbocycles. The van der Waals surface area contributed by atoms with Crippen molar-refractivity contribution in [1.82, 2.24) is 25.2 Å². The second kappa shape index (κ2) is 8.71. The lowest BCUT2D eigenvalue weighted by molar-refractivity contribution is -0.130. The molecule has 8 nitrogen and oxygen atoms in total. The Morgan fingerprint density at radius 1 is 1.19 bits per heavy atom. The third-order valence-corrected chi connectivity index (χ3v) is 7.14. The number of benzene rings is 1. The van der Waals surface area contributed by atoms with Gasteiger partial charge in [0.1, 0.15) is 11.5 Å². The molecule has 0 N–H and O–H groups in total. The van der Waals surface area contributed by atoms with Crippen molar-refractivity contribution in [3.05, 3.63) is 75.9 Å². The number of para-hydroxylation sites is 1. The number of hydrogen-bond donors (Lipinski definition) is 0. The van der Waals surface area contributed by atoms with Gasteiger partial charge in [0.05, 0.1) is 23.7 Å². The van der Waals surface area contributed by atoms with Gasteiger partial charge in [-0.1, -0.05) is 36.0 Å². The molecule has 4 heterocycles. The number of carbonyl (C=O) groups excluding carboxylic acids is 1. The molecule has 1 amide bonds. The van der Waals surface area contributed by atoms with Gasteiger partial charge in [-0.3, -0.25) is 4.79 Å². The molecule has 1 unspecified atom stereocenters. The normalized spacial score (nSPS) is 15.9. The second-order valence-electron chi connectivity index (χ2n) is 7.40. The maximum absolute atomic E-state index is 13.2. The van der Waals surface area contributed by atoms with Crippen LogP contribution in [0.3, 0.4) is 0 Å². The van der Waals surface area contributed by atoms with Crippen molar-refractivity contribution in [2.24, 2.45) is 5.10 Å². The molecular formula is C22H20N6O2S2. The first-order chi connectivity index (χ1) is 15.6. The molecular weight excluding hydrogens is 444 g/mol. The molecule has 0 spiro atoms. The van der Waals surface area contributed by atoms with Crippen LogP contribution in [-0.2, 0) is 4.79 Å². The summed E-state index contributed by atoms with van der Waals surface area (Å²) in [5.74, 6) is 0.752. The van der Waals surface area contributed by atoms with Crippen molar-refractivity contribution in [2.45, 2.75) is 31.5 Å². The second-order valence-corrected chi connectivity index (χ2v) is 9.32. The van der Waals surface area contributed by atoms with Crippen LogP contribution in [0.15, 0.2) is 68.8 Å². The zero-order valence-corrected chi connectivity index (χ0v) is 19.1. The van der Waals surface area contributed by atoms with E-state index in [9.17, 15) is 4.79 Å². The molecule has 10 heteroatoms. The molecule has 32 heavy (non-hydrogen) atoms. The summed E-state index contributed by atoms with van der Waals surface area (Å²) in [5.41, 5.74) is 3.83. The molecule has 1 aromatic carbocycles. The van der Waals surface area contributed by atoms with Gasteiger partial charge in [-0.05, 0) is 59.0 Å². The van der Waals surface area contributed by atoms with Crippen molar-refractivity contribution in [2.75, 3.05) is 5.75 Å². The minimum absolute atomic E-state index is 0.106. The van der Waals surface area contributed by atoms with Gasteiger partial charge in [-0.2, -0.15) is 9.78 Å². The largest absolute Gasteiger partial charge is 0.463 e. The minimum Gasteiger partial charge on any atom is -0.463 e. The number of nitrogens with zero attached hydrogens (tertiary/aromatic N) is 6. The fourth-order valence-electron chi connectivity index (χ4n) is 3.78. The third-order valence-electron chi connectivity index (χ3n) is 5.26. The SMILES string of the molecule is Cc1cccc(C)c1-n1nnnc1SCC(=O)N1N=C(c2ccco2)CC1c1cccs1. The van der Waals surface area contributed by atoms with Gasteiger partial charge in [-0.15, -0.1) is 16.4 Å². The zero-order valence-electron chi connectivity index (χ0n) is 17.5. The molecule has 1 aliphatic heterocycles. The zero-order chi connectivity index (χ0) is 22.1. The number of thioether (sulfide) groups is 1. The van der Waals surface area contributed by atoms with Gasteiger partial charge in [0, 0.05) is 11.3 Å². The first-order valence-electron chi connectivity index (χ1n) is 10.1. The first kappa shape index (κ1) is 20.7. The van der Waals surface area contributed by atoms with Crippen molar-refractivity contribution in [3.8, 4) is 5.69 Å². The average molecular weight is 465 g/mol.